The van der Waals surface area contributed by atoms with Crippen LogP contribution in [0.4, 0.5) is 4.79 Å². The van der Waals surface area contributed by atoms with Crippen LogP contribution >= 0.6 is 0 Å². The fourth-order valence-electron chi connectivity index (χ4n) is 2.29. The van der Waals surface area contributed by atoms with Gasteiger partial charge in [-0.15, -0.1) is 0 Å². The van der Waals surface area contributed by atoms with Gasteiger partial charge in [0.2, 0.25) is 0 Å². The van der Waals surface area contributed by atoms with Crippen LogP contribution in [0.5, 0.6) is 0 Å². The number of rotatable bonds is 6. The molecule has 2 amide bonds. The number of nitrogens with one attached hydrogen (secondary N) is 2. The van der Waals surface area contributed by atoms with Gasteiger partial charge in [-0.25, -0.2) is 9.48 Å². The zero-order chi connectivity index (χ0) is 16.6. The molecule has 0 saturated carbocycles. The first kappa shape index (κ1) is 15.7. The van der Waals surface area contributed by atoms with E-state index in [4.69, 9.17) is 0 Å². The first-order valence-electron chi connectivity index (χ1n) is 7.82. The second kappa shape index (κ2) is 7.92. The Balaban J connectivity index is 1.40. The summed E-state index contributed by atoms with van der Waals surface area (Å²) in [5, 5.41) is 9.83. The Kier molecular flexibility index (Phi) is 5.19. The number of carbonyl (C=O) groups excluding carboxylic acids is 1. The van der Waals surface area contributed by atoms with Gasteiger partial charge in [-0.3, -0.25) is 4.98 Å². The van der Waals surface area contributed by atoms with Gasteiger partial charge >= 0.3 is 6.03 Å². The summed E-state index contributed by atoms with van der Waals surface area (Å²) in [5.41, 5.74) is 3.02. The third-order valence-corrected chi connectivity index (χ3v) is 3.56. The lowest BCUT2D eigenvalue weighted by atomic mass is 10.1. The molecule has 2 heterocycles. The van der Waals surface area contributed by atoms with Crippen LogP contribution in [0.3, 0.4) is 0 Å². The monoisotopic (exact) mass is 321 g/mol. The molecule has 6 nitrogen and oxygen atoms in total. The van der Waals surface area contributed by atoms with E-state index in [9.17, 15) is 4.79 Å². The molecule has 0 saturated heterocycles. The van der Waals surface area contributed by atoms with E-state index in [-0.39, 0.29) is 6.03 Å². The number of hydrogen-bond acceptors (Lipinski definition) is 3. The van der Waals surface area contributed by atoms with Gasteiger partial charge in [0.25, 0.3) is 0 Å². The second-order valence-electron chi connectivity index (χ2n) is 5.30. The predicted octanol–water partition coefficient (Wildman–Crippen LogP) is 2.31. The minimum atomic E-state index is -0.186. The van der Waals surface area contributed by atoms with Crippen molar-refractivity contribution < 1.29 is 4.79 Å². The van der Waals surface area contributed by atoms with Gasteiger partial charge in [-0.2, -0.15) is 5.10 Å². The van der Waals surface area contributed by atoms with Crippen LogP contribution in [0.15, 0.2) is 67.1 Å². The Morgan fingerprint density at radius 2 is 1.88 bits per heavy atom. The highest BCUT2D eigenvalue weighted by atomic mass is 16.2. The molecule has 3 rings (SSSR count). The minimum Gasteiger partial charge on any atom is -0.338 e. The largest absolute Gasteiger partial charge is 0.338 e. The van der Waals surface area contributed by atoms with E-state index in [1.807, 2.05) is 59.4 Å². The fraction of sp³-hybridized carbons (Fsp3) is 0.167. The average Bonchev–Trinajstić information content (AvgIpc) is 3.16. The SMILES string of the molecule is O=C(NCCc1ccc(-n2cccn2)cc1)NCc1ccccn1. The molecule has 6 heteroatoms. The standard InChI is InChI=1S/C18H19N5O/c24-18(21-14-16-4-1-2-10-19-16)20-12-9-15-5-7-17(8-6-15)23-13-3-11-22-23/h1-8,10-11,13H,9,12,14H2,(H2,20,21,24). The highest BCUT2D eigenvalue weighted by Gasteiger charge is 2.01. The summed E-state index contributed by atoms with van der Waals surface area (Å²) in [4.78, 5) is 15.9. The van der Waals surface area contributed by atoms with Crippen molar-refractivity contribution in [3.8, 4) is 5.69 Å². The third kappa shape index (κ3) is 4.42. The molecule has 2 N–H and O–H groups in total. The third-order valence-electron chi connectivity index (χ3n) is 3.56. The first-order valence-corrected chi connectivity index (χ1v) is 7.82. The van der Waals surface area contributed by atoms with Crippen LogP contribution < -0.4 is 10.6 Å². The summed E-state index contributed by atoms with van der Waals surface area (Å²) in [6.07, 6.45) is 6.14. The summed E-state index contributed by atoms with van der Waals surface area (Å²) in [6.45, 7) is 1.00. The quantitative estimate of drug-likeness (QED) is 0.732. The summed E-state index contributed by atoms with van der Waals surface area (Å²) < 4.78 is 1.81. The molecule has 3 aromatic rings. The Bertz CT molecular complexity index is 754. The van der Waals surface area contributed by atoms with Crippen LogP contribution in [0.25, 0.3) is 5.69 Å². The van der Waals surface area contributed by atoms with Gasteiger partial charge in [-0.1, -0.05) is 18.2 Å². The summed E-state index contributed by atoms with van der Waals surface area (Å²) in [6, 6.07) is 15.5. The van der Waals surface area contributed by atoms with Crippen molar-refractivity contribution in [2.75, 3.05) is 6.54 Å². The van der Waals surface area contributed by atoms with Gasteiger partial charge in [0.15, 0.2) is 0 Å². The van der Waals surface area contributed by atoms with E-state index in [2.05, 4.69) is 20.7 Å². The summed E-state index contributed by atoms with van der Waals surface area (Å²) >= 11 is 0. The van der Waals surface area contributed by atoms with Crippen molar-refractivity contribution in [3.63, 3.8) is 0 Å². The summed E-state index contributed by atoms with van der Waals surface area (Å²) in [5.74, 6) is 0. The van der Waals surface area contributed by atoms with Crippen LogP contribution in [-0.4, -0.2) is 27.3 Å². The zero-order valence-electron chi connectivity index (χ0n) is 13.2. The minimum absolute atomic E-state index is 0.186. The number of benzene rings is 1. The van der Waals surface area contributed by atoms with E-state index < -0.39 is 0 Å². The topological polar surface area (TPSA) is 71.8 Å². The van der Waals surface area contributed by atoms with Crippen molar-refractivity contribution >= 4 is 6.03 Å². The molecule has 0 unspecified atom stereocenters. The zero-order valence-corrected chi connectivity index (χ0v) is 13.2. The van der Waals surface area contributed by atoms with Crippen LogP contribution in [0.2, 0.25) is 0 Å². The number of hydrogen-bond donors (Lipinski definition) is 2. The molecule has 1 aromatic carbocycles. The lowest BCUT2D eigenvalue weighted by Crippen LogP contribution is -2.36. The highest BCUT2D eigenvalue weighted by molar-refractivity contribution is 5.73. The van der Waals surface area contributed by atoms with E-state index in [1.165, 1.54) is 0 Å². The first-order chi connectivity index (χ1) is 11.8. The number of aromatic nitrogens is 3. The Morgan fingerprint density at radius 1 is 1.00 bits per heavy atom. The van der Waals surface area contributed by atoms with E-state index in [1.54, 1.807) is 12.4 Å². The number of pyridine rings is 1. The summed E-state index contributed by atoms with van der Waals surface area (Å²) in [7, 11) is 0. The van der Waals surface area contributed by atoms with Gasteiger partial charge in [-0.05, 0) is 42.3 Å². The van der Waals surface area contributed by atoms with Crippen LogP contribution in [0, 0.1) is 0 Å². The van der Waals surface area contributed by atoms with Crippen molar-refractivity contribution in [2.24, 2.45) is 0 Å². The van der Waals surface area contributed by atoms with Gasteiger partial charge < -0.3 is 10.6 Å². The van der Waals surface area contributed by atoms with Crippen molar-refractivity contribution in [1.82, 2.24) is 25.4 Å². The average molecular weight is 321 g/mol. The molecule has 0 atom stereocenters. The molecule has 0 spiro atoms. The molecule has 24 heavy (non-hydrogen) atoms. The molecule has 0 aliphatic carbocycles. The van der Waals surface area contributed by atoms with E-state index in [0.29, 0.717) is 13.1 Å². The van der Waals surface area contributed by atoms with E-state index in [0.717, 1.165) is 23.4 Å². The Labute approximate surface area is 140 Å². The lowest BCUT2D eigenvalue weighted by molar-refractivity contribution is 0.240. The predicted molar refractivity (Wildman–Crippen MR) is 91.7 cm³/mol. The van der Waals surface area contributed by atoms with Crippen LogP contribution in [0.1, 0.15) is 11.3 Å². The highest BCUT2D eigenvalue weighted by Crippen LogP contribution is 2.08. The maximum absolute atomic E-state index is 11.8. The van der Waals surface area contributed by atoms with Gasteiger partial charge in [0.05, 0.1) is 17.9 Å². The number of amides is 2. The van der Waals surface area contributed by atoms with Crippen molar-refractivity contribution in [3.05, 3.63) is 78.4 Å². The molecule has 0 radical (unpaired) electrons. The molecule has 122 valence electrons. The Hall–Kier alpha value is -3.15. The van der Waals surface area contributed by atoms with Gasteiger partial charge in [0.1, 0.15) is 0 Å². The second-order valence-corrected chi connectivity index (χ2v) is 5.30. The smallest absolute Gasteiger partial charge is 0.315 e. The molecule has 0 fully saturated rings. The molecule has 0 aliphatic heterocycles. The molecule has 0 aliphatic rings. The molecular formula is C18H19N5O. The lowest BCUT2D eigenvalue weighted by Gasteiger charge is -2.08. The van der Waals surface area contributed by atoms with E-state index >= 15 is 0 Å². The molecule has 2 aromatic heterocycles. The number of urea groups is 1. The van der Waals surface area contributed by atoms with Gasteiger partial charge in [0, 0.05) is 25.1 Å². The maximum Gasteiger partial charge on any atom is 0.315 e. The van der Waals surface area contributed by atoms with Crippen LogP contribution in [-0.2, 0) is 13.0 Å². The normalized spacial score (nSPS) is 10.3. The maximum atomic E-state index is 11.8. The molecular weight excluding hydrogens is 302 g/mol. The fourth-order valence-corrected chi connectivity index (χ4v) is 2.29. The van der Waals surface area contributed by atoms with Crippen molar-refractivity contribution in [2.45, 2.75) is 13.0 Å². The molecule has 0 bridgehead atoms. The Morgan fingerprint density at radius 3 is 2.58 bits per heavy atom. The number of carbonyl (C=O) groups is 1. The van der Waals surface area contributed by atoms with Crippen molar-refractivity contribution in [1.29, 1.82) is 0 Å². The number of nitrogens with zero attached hydrogens (tertiary/aromatic N) is 3.